The van der Waals surface area contributed by atoms with Crippen molar-refractivity contribution in [2.24, 2.45) is 0 Å². The van der Waals surface area contributed by atoms with Crippen molar-refractivity contribution in [3.8, 4) is 0 Å². The van der Waals surface area contributed by atoms with Gasteiger partial charge in [-0.25, -0.2) is 4.79 Å². The zero-order valence-electron chi connectivity index (χ0n) is 13.8. The highest BCUT2D eigenvalue weighted by Crippen LogP contribution is 2.27. The van der Waals surface area contributed by atoms with E-state index in [1.807, 2.05) is 12.1 Å². The maximum atomic E-state index is 12.2. The fraction of sp³-hybridized carbons (Fsp3) is 0.150. The molecule has 0 aliphatic carbocycles. The second kappa shape index (κ2) is 6.72. The van der Waals surface area contributed by atoms with Crippen LogP contribution in [0.15, 0.2) is 53.9 Å². The van der Waals surface area contributed by atoms with Crippen molar-refractivity contribution >= 4 is 39.2 Å². The quantitative estimate of drug-likeness (QED) is 0.642. The van der Waals surface area contributed by atoms with Crippen LogP contribution in [0.1, 0.15) is 39.1 Å². The van der Waals surface area contributed by atoms with E-state index in [4.69, 9.17) is 4.84 Å². The number of aryl methyl sites for hydroxylation is 1. The van der Waals surface area contributed by atoms with Gasteiger partial charge in [-0.2, -0.15) is 0 Å². The molecule has 1 aliphatic rings. The molecule has 26 heavy (non-hydrogen) atoms. The molecule has 1 aromatic heterocycles. The number of hydrogen-bond acceptors (Lipinski definition) is 5. The fourth-order valence-corrected chi connectivity index (χ4v) is 4.04. The maximum Gasteiger partial charge on any atom is 0.333 e. The number of rotatable bonds is 5. The Hall–Kier alpha value is -2.99. The highest BCUT2D eigenvalue weighted by molar-refractivity contribution is 7.17. The maximum absolute atomic E-state index is 12.2. The van der Waals surface area contributed by atoms with Crippen molar-refractivity contribution in [2.75, 3.05) is 0 Å². The minimum Gasteiger partial charge on any atom is -0.330 e. The minimum atomic E-state index is -0.595. The average molecular weight is 365 g/mol. The number of nitrogens with zero attached hydrogens (tertiary/aromatic N) is 1. The van der Waals surface area contributed by atoms with Crippen LogP contribution in [-0.2, 0) is 16.1 Å². The van der Waals surface area contributed by atoms with Crippen LogP contribution in [0.5, 0.6) is 0 Å². The molecule has 0 N–H and O–H groups in total. The Morgan fingerprint density at radius 2 is 1.62 bits per heavy atom. The summed E-state index contributed by atoms with van der Waals surface area (Å²) in [6, 6.07) is 14.6. The third-order valence-electron chi connectivity index (χ3n) is 4.34. The number of fused-ring (bicyclic) bond motifs is 2. The molecule has 4 rings (SSSR count). The first kappa shape index (κ1) is 16.5. The normalized spacial score (nSPS) is 13.3. The molecule has 130 valence electrons. The highest BCUT2D eigenvalue weighted by Gasteiger charge is 2.38. The molecule has 1 aliphatic heterocycles. The van der Waals surface area contributed by atoms with Gasteiger partial charge in [0, 0.05) is 11.1 Å². The first-order chi connectivity index (χ1) is 12.6. The van der Waals surface area contributed by atoms with Crippen molar-refractivity contribution in [2.45, 2.75) is 19.3 Å². The topological polar surface area (TPSA) is 63.7 Å². The summed E-state index contributed by atoms with van der Waals surface area (Å²) in [5.74, 6) is -1.77. The van der Waals surface area contributed by atoms with E-state index in [1.165, 1.54) is 15.6 Å². The molecule has 3 aromatic rings. The van der Waals surface area contributed by atoms with E-state index in [0.717, 1.165) is 6.42 Å². The Kier molecular flexibility index (Phi) is 4.26. The number of imide groups is 1. The molecule has 0 radical (unpaired) electrons. The molecular weight excluding hydrogens is 350 g/mol. The molecule has 0 bridgehead atoms. The lowest BCUT2D eigenvalue weighted by Gasteiger charge is -2.12. The van der Waals surface area contributed by atoms with Gasteiger partial charge in [-0.1, -0.05) is 35.4 Å². The second-order valence-electron chi connectivity index (χ2n) is 6.02. The van der Waals surface area contributed by atoms with Crippen LogP contribution in [0.2, 0.25) is 0 Å². The number of thiophene rings is 1. The van der Waals surface area contributed by atoms with Crippen LogP contribution in [0, 0.1) is 0 Å². The van der Waals surface area contributed by atoms with E-state index < -0.39 is 17.8 Å². The van der Waals surface area contributed by atoms with Crippen molar-refractivity contribution < 1.29 is 19.2 Å². The molecule has 0 fully saturated rings. The van der Waals surface area contributed by atoms with E-state index in [1.54, 1.807) is 35.6 Å². The van der Waals surface area contributed by atoms with Crippen molar-refractivity contribution in [1.82, 2.24) is 5.06 Å². The van der Waals surface area contributed by atoms with Crippen LogP contribution in [-0.4, -0.2) is 22.8 Å². The molecule has 0 atom stereocenters. The SMILES string of the molecule is O=C(CCCc1csc2ccccc12)ON1C(=O)c2ccccc2C1=O. The lowest BCUT2D eigenvalue weighted by Crippen LogP contribution is -2.32. The first-order valence-corrected chi connectivity index (χ1v) is 9.17. The predicted molar refractivity (Wildman–Crippen MR) is 97.8 cm³/mol. The predicted octanol–water partition coefficient (Wildman–Crippen LogP) is 3.98. The van der Waals surface area contributed by atoms with E-state index in [9.17, 15) is 14.4 Å². The third kappa shape index (κ3) is 2.88. The Morgan fingerprint density at radius 1 is 0.962 bits per heavy atom. The van der Waals surface area contributed by atoms with Crippen molar-refractivity contribution in [1.29, 1.82) is 0 Å². The molecule has 2 heterocycles. The van der Waals surface area contributed by atoms with Gasteiger partial charge in [0.15, 0.2) is 0 Å². The van der Waals surface area contributed by atoms with Crippen LogP contribution >= 0.6 is 11.3 Å². The summed E-state index contributed by atoms with van der Waals surface area (Å²) in [5, 5.41) is 3.86. The number of benzene rings is 2. The smallest absolute Gasteiger partial charge is 0.330 e. The zero-order chi connectivity index (χ0) is 18.1. The Morgan fingerprint density at radius 3 is 2.35 bits per heavy atom. The largest absolute Gasteiger partial charge is 0.333 e. The first-order valence-electron chi connectivity index (χ1n) is 8.29. The molecule has 0 unspecified atom stereocenters. The number of hydroxylamine groups is 2. The van der Waals surface area contributed by atoms with Crippen LogP contribution < -0.4 is 0 Å². The van der Waals surface area contributed by atoms with Crippen molar-refractivity contribution in [3.63, 3.8) is 0 Å². The van der Waals surface area contributed by atoms with Crippen LogP contribution in [0.4, 0.5) is 0 Å². The number of amides is 2. The number of hydrogen-bond donors (Lipinski definition) is 0. The zero-order valence-corrected chi connectivity index (χ0v) is 14.6. The molecule has 2 amide bonds. The summed E-state index contributed by atoms with van der Waals surface area (Å²) in [4.78, 5) is 41.4. The lowest BCUT2D eigenvalue weighted by molar-refractivity contribution is -0.168. The van der Waals surface area contributed by atoms with Gasteiger partial charge in [0.2, 0.25) is 0 Å². The Balaban J connectivity index is 1.35. The van der Waals surface area contributed by atoms with Crippen LogP contribution in [0.3, 0.4) is 0 Å². The Bertz CT molecular complexity index is 988. The van der Waals surface area contributed by atoms with E-state index in [2.05, 4.69) is 17.5 Å². The molecule has 5 nitrogen and oxygen atoms in total. The second-order valence-corrected chi connectivity index (χ2v) is 6.94. The molecule has 0 saturated heterocycles. The fourth-order valence-electron chi connectivity index (χ4n) is 3.05. The van der Waals surface area contributed by atoms with E-state index in [0.29, 0.717) is 11.5 Å². The summed E-state index contributed by atoms with van der Waals surface area (Å²) in [7, 11) is 0. The van der Waals surface area contributed by atoms with E-state index in [-0.39, 0.29) is 17.5 Å². The summed E-state index contributed by atoms with van der Waals surface area (Å²) in [5.41, 5.74) is 1.71. The van der Waals surface area contributed by atoms with E-state index >= 15 is 0 Å². The van der Waals surface area contributed by atoms with Gasteiger partial charge in [0.25, 0.3) is 11.8 Å². The van der Waals surface area contributed by atoms with Gasteiger partial charge in [-0.05, 0) is 47.4 Å². The van der Waals surface area contributed by atoms with Gasteiger partial charge in [-0.3, -0.25) is 9.59 Å². The highest BCUT2D eigenvalue weighted by atomic mass is 32.1. The van der Waals surface area contributed by atoms with Gasteiger partial charge in [0.1, 0.15) is 0 Å². The lowest BCUT2D eigenvalue weighted by atomic mass is 10.1. The molecule has 0 spiro atoms. The van der Waals surface area contributed by atoms with Gasteiger partial charge in [0.05, 0.1) is 11.1 Å². The summed E-state index contributed by atoms with van der Waals surface area (Å²) < 4.78 is 1.22. The number of carbonyl (C=O) groups is 3. The van der Waals surface area contributed by atoms with Crippen molar-refractivity contribution in [3.05, 3.63) is 70.6 Å². The molecule has 6 heteroatoms. The van der Waals surface area contributed by atoms with Gasteiger partial charge in [-0.15, -0.1) is 11.3 Å². The third-order valence-corrected chi connectivity index (χ3v) is 5.35. The minimum absolute atomic E-state index is 0.136. The standard InChI is InChI=1S/C20H15NO4S/c22-18(11-5-6-13-12-26-17-10-4-3-7-14(13)17)25-21-19(23)15-8-1-2-9-16(15)20(21)24/h1-4,7-10,12H,5-6,11H2. The molecule has 0 saturated carbocycles. The van der Waals surface area contributed by atoms with Crippen LogP contribution in [0.25, 0.3) is 10.1 Å². The summed E-state index contributed by atoms with van der Waals surface area (Å²) in [6.07, 6.45) is 1.46. The summed E-state index contributed by atoms with van der Waals surface area (Å²) >= 11 is 1.68. The van der Waals surface area contributed by atoms with Gasteiger partial charge < -0.3 is 4.84 Å². The molecular formula is C20H15NO4S. The Labute approximate surface area is 153 Å². The average Bonchev–Trinajstić information content (AvgIpc) is 3.17. The molecule has 2 aromatic carbocycles. The van der Waals surface area contributed by atoms with Gasteiger partial charge >= 0.3 is 5.97 Å². The summed E-state index contributed by atoms with van der Waals surface area (Å²) in [6.45, 7) is 0. The number of carbonyl (C=O) groups excluding carboxylic acids is 3. The monoisotopic (exact) mass is 365 g/mol.